The van der Waals surface area contributed by atoms with Crippen LogP contribution in [0.1, 0.15) is 12.8 Å². The highest BCUT2D eigenvalue weighted by molar-refractivity contribution is 7.90. The van der Waals surface area contributed by atoms with Crippen molar-refractivity contribution in [1.82, 2.24) is 4.31 Å². The summed E-state index contributed by atoms with van der Waals surface area (Å²) >= 11 is 5.84. The van der Waals surface area contributed by atoms with Crippen LogP contribution in [0.4, 0.5) is 5.69 Å². The van der Waals surface area contributed by atoms with Gasteiger partial charge in [0.15, 0.2) is 0 Å². The minimum atomic E-state index is -4.13. The number of benzene rings is 1. The molecule has 0 atom stereocenters. The Hall–Kier alpha value is -0.910. The molecule has 11 heteroatoms. The van der Waals surface area contributed by atoms with Crippen LogP contribution in [-0.2, 0) is 20.0 Å². The highest BCUT2D eigenvalue weighted by atomic mass is 35.5. The van der Waals surface area contributed by atoms with Gasteiger partial charge in [-0.05, 0) is 25.0 Å². The van der Waals surface area contributed by atoms with Crippen LogP contribution in [0.25, 0.3) is 0 Å². The Morgan fingerprint density at radius 1 is 1.36 bits per heavy atom. The summed E-state index contributed by atoms with van der Waals surface area (Å²) in [5, 5.41) is 16.5. The van der Waals surface area contributed by atoms with Gasteiger partial charge in [0.1, 0.15) is 9.79 Å². The van der Waals surface area contributed by atoms with Crippen LogP contribution in [0, 0.1) is 0 Å². The maximum Gasteiger partial charge on any atom is 0.246 e. The summed E-state index contributed by atoms with van der Waals surface area (Å²) in [6.45, 7) is 0.234. The monoisotopic (exact) mass is 369 g/mol. The van der Waals surface area contributed by atoms with Crippen molar-refractivity contribution in [2.45, 2.75) is 22.6 Å². The molecule has 0 radical (unpaired) electrons. The minimum Gasteiger partial charge on any atom is -0.396 e. The molecule has 0 aromatic heterocycles. The standard InChI is InChI=1S/C11H16ClN3O5S2/c12-8-5-9-11(6-10(8)21(13,17)18)22(19,20)15(7-14-9)3-1-2-4-16/h5-6,14,16H,1-4,7H2,(H2,13,17,18). The number of fused-ring (bicyclic) bond motifs is 1. The van der Waals surface area contributed by atoms with Gasteiger partial charge in [0.05, 0.1) is 17.4 Å². The molecule has 0 spiro atoms. The number of nitrogens with two attached hydrogens (primary N) is 1. The maximum absolute atomic E-state index is 12.5. The Balaban J connectivity index is 2.46. The Bertz CT molecular complexity index is 779. The molecule has 0 aliphatic carbocycles. The fraction of sp³-hybridized carbons (Fsp3) is 0.455. The van der Waals surface area contributed by atoms with Crippen molar-refractivity contribution in [2.75, 3.05) is 25.1 Å². The average Bonchev–Trinajstić information content (AvgIpc) is 2.39. The molecule has 0 amide bonds. The predicted octanol–water partition coefficient (Wildman–Crippen LogP) is 0.134. The molecule has 0 saturated carbocycles. The number of unbranched alkanes of at least 4 members (excludes halogenated alkanes) is 1. The molecule has 1 aromatic rings. The first-order valence-corrected chi connectivity index (χ1v) is 9.75. The average molecular weight is 370 g/mol. The van der Waals surface area contributed by atoms with Gasteiger partial charge in [0, 0.05) is 13.2 Å². The van der Waals surface area contributed by atoms with Gasteiger partial charge >= 0.3 is 0 Å². The summed E-state index contributed by atoms with van der Waals surface area (Å²) in [6, 6.07) is 2.20. The number of nitrogens with one attached hydrogen (secondary N) is 1. The fourth-order valence-corrected chi connectivity index (χ4v) is 4.83. The van der Waals surface area contributed by atoms with E-state index in [1.807, 2.05) is 0 Å². The second kappa shape index (κ2) is 6.30. The van der Waals surface area contributed by atoms with Gasteiger partial charge in [-0.15, -0.1) is 0 Å². The van der Waals surface area contributed by atoms with E-state index in [1.54, 1.807) is 0 Å². The van der Waals surface area contributed by atoms with Crippen LogP contribution >= 0.6 is 11.6 Å². The number of nitrogens with zero attached hydrogens (tertiary/aromatic N) is 1. The lowest BCUT2D eigenvalue weighted by atomic mass is 10.3. The van der Waals surface area contributed by atoms with Gasteiger partial charge in [-0.2, -0.15) is 4.31 Å². The van der Waals surface area contributed by atoms with E-state index >= 15 is 0 Å². The molecule has 1 aromatic carbocycles. The maximum atomic E-state index is 12.5. The van der Waals surface area contributed by atoms with Crippen molar-refractivity contribution < 1.29 is 21.9 Å². The quantitative estimate of drug-likeness (QED) is 0.632. The molecule has 124 valence electrons. The van der Waals surface area contributed by atoms with Crippen LogP contribution in [0.5, 0.6) is 0 Å². The molecule has 22 heavy (non-hydrogen) atoms. The van der Waals surface area contributed by atoms with E-state index < -0.39 is 24.9 Å². The number of anilines is 1. The zero-order chi connectivity index (χ0) is 16.5. The first-order valence-electron chi connectivity index (χ1n) is 6.39. The van der Waals surface area contributed by atoms with Crippen molar-refractivity contribution in [1.29, 1.82) is 0 Å². The van der Waals surface area contributed by atoms with Gasteiger partial charge in [0.2, 0.25) is 20.0 Å². The largest absolute Gasteiger partial charge is 0.396 e. The third kappa shape index (κ3) is 3.36. The minimum absolute atomic E-state index is 0.0247. The summed E-state index contributed by atoms with van der Waals surface area (Å²) < 4.78 is 49.2. The fourth-order valence-electron chi connectivity index (χ4n) is 2.10. The smallest absolute Gasteiger partial charge is 0.246 e. The summed E-state index contributed by atoms with van der Waals surface area (Å²) in [6.07, 6.45) is 0.963. The number of primary sulfonamides is 1. The Kier molecular flexibility index (Phi) is 5.00. The van der Waals surface area contributed by atoms with E-state index in [0.29, 0.717) is 12.8 Å². The van der Waals surface area contributed by atoms with Crippen LogP contribution in [0.15, 0.2) is 21.9 Å². The number of aliphatic hydroxyl groups excluding tert-OH is 1. The third-order valence-corrected chi connectivity index (χ3v) is 6.48. The molecular weight excluding hydrogens is 354 g/mol. The van der Waals surface area contributed by atoms with E-state index in [2.05, 4.69) is 5.32 Å². The van der Waals surface area contributed by atoms with E-state index in [0.717, 1.165) is 6.07 Å². The van der Waals surface area contributed by atoms with Gasteiger partial charge in [-0.3, -0.25) is 0 Å². The molecule has 2 rings (SSSR count). The normalized spacial score (nSPS) is 17.8. The first kappa shape index (κ1) is 17.4. The Morgan fingerprint density at radius 3 is 2.64 bits per heavy atom. The number of aliphatic hydroxyl groups is 1. The number of rotatable bonds is 5. The van der Waals surface area contributed by atoms with Gasteiger partial charge in [0.25, 0.3) is 0 Å². The van der Waals surface area contributed by atoms with Crippen LogP contribution in [0.3, 0.4) is 0 Å². The van der Waals surface area contributed by atoms with Gasteiger partial charge in [-0.1, -0.05) is 11.6 Å². The van der Waals surface area contributed by atoms with Crippen molar-refractivity contribution in [3.8, 4) is 0 Å². The van der Waals surface area contributed by atoms with Crippen molar-refractivity contribution in [2.24, 2.45) is 5.14 Å². The molecule has 0 unspecified atom stereocenters. The Labute approximate surface area is 134 Å². The van der Waals surface area contributed by atoms with E-state index in [4.69, 9.17) is 21.8 Å². The van der Waals surface area contributed by atoms with Crippen LogP contribution < -0.4 is 10.5 Å². The molecule has 0 saturated heterocycles. The SMILES string of the molecule is NS(=O)(=O)c1cc2c(cc1Cl)NCN(CCCCO)S2(=O)=O. The summed E-state index contributed by atoms with van der Waals surface area (Å²) in [5.41, 5.74) is 0.232. The van der Waals surface area contributed by atoms with Crippen molar-refractivity contribution >= 4 is 37.3 Å². The molecule has 1 aliphatic rings. The van der Waals surface area contributed by atoms with E-state index in [1.165, 1.54) is 10.4 Å². The highest BCUT2D eigenvalue weighted by Gasteiger charge is 2.33. The predicted molar refractivity (Wildman–Crippen MR) is 81.5 cm³/mol. The summed E-state index contributed by atoms with van der Waals surface area (Å²) in [4.78, 5) is -0.619. The van der Waals surface area contributed by atoms with E-state index in [9.17, 15) is 16.8 Å². The first-order chi connectivity index (χ1) is 10.2. The van der Waals surface area contributed by atoms with E-state index in [-0.39, 0.29) is 35.4 Å². The molecule has 4 N–H and O–H groups in total. The highest BCUT2D eigenvalue weighted by Crippen LogP contribution is 2.35. The zero-order valence-corrected chi connectivity index (χ0v) is 13.9. The number of halogens is 1. The van der Waals surface area contributed by atoms with Gasteiger partial charge < -0.3 is 10.4 Å². The number of hydrogen-bond acceptors (Lipinski definition) is 6. The summed E-state index contributed by atoms with van der Waals surface area (Å²) in [7, 11) is -7.98. The molecule has 0 fully saturated rings. The second-order valence-corrected chi connectivity index (χ2v) is 8.61. The lowest BCUT2D eigenvalue weighted by Crippen LogP contribution is -2.40. The lowest BCUT2D eigenvalue weighted by molar-refractivity contribution is 0.277. The number of hydrogen-bond donors (Lipinski definition) is 3. The van der Waals surface area contributed by atoms with Gasteiger partial charge in [-0.25, -0.2) is 22.0 Å². The summed E-state index contributed by atoms with van der Waals surface area (Å²) in [5.74, 6) is 0. The van der Waals surface area contributed by atoms with Crippen molar-refractivity contribution in [3.63, 3.8) is 0 Å². The molecular formula is C11H16ClN3O5S2. The van der Waals surface area contributed by atoms with Crippen LogP contribution in [-0.4, -0.2) is 46.1 Å². The molecule has 0 bridgehead atoms. The van der Waals surface area contributed by atoms with Crippen LogP contribution in [0.2, 0.25) is 5.02 Å². The molecule has 1 aliphatic heterocycles. The third-order valence-electron chi connectivity index (χ3n) is 3.22. The molecule has 1 heterocycles. The van der Waals surface area contributed by atoms with Crippen molar-refractivity contribution in [3.05, 3.63) is 17.2 Å². The second-order valence-electron chi connectivity index (χ2n) is 4.77. The molecule has 8 nitrogen and oxygen atoms in total. The number of sulfonamides is 2. The topological polar surface area (TPSA) is 130 Å². The zero-order valence-electron chi connectivity index (χ0n) is 11.5. The Morgan fingerprint density at radius 2 is 2.05 bits per heavy atom. The lowest BCUT2D eigenvalue weighted by Gasteiger charge is -2.29.